The van der Waals surface area contributed by atoms with Gasteiger partial charge in [-0.2, -0.15) is 0 Å². The lowest BCUT2D eigenvalue weighted by Crippen LogP contribution is -2.37. The van der Waals surface area contributed by atoms with Gasteiger partial charge in [0.15, 0.2) is 0 Å². The van der Waals surface area contributed by atoms with E-state index in [9.17, 15) is 9.59 Å². The molecule has 0 aliphatic carbocycles. The predicted molar refractivity (Wildman–Crippen MR) is 100 cm³/mol. The van der Waals surface area contributed by atoms with Crippen LogP contribution in [-0.2, 0) is 11.3 Å². The van der Waals surface area contributed by atoms with Crippen molar-refractivity contribution in [2.24, 2.45) is 0 Å². The first-order valence-corrected chi connectivity index (χ1v) is 8.65. The van der Waals surface area contributed by atoms with E-state index in [1.165, 1.54) is 0 Å². The molecule has 0 spiro atoms. The van der Waals surface area contributed by atoms with Crippen molar-refractivity contribution in [2.75, 3.05) is 0 Å². The van der Waals surface area contributed by atoms with Gasteiger partial charge in [-0.3, -0.25) is 9.59 Å². The Morgan fingerprint density at radius 2 is 1.92 bits per heavy atom. The Morgan fingerprint density at radius 3 is 2.69 bits per heavy atom. The Morgan fingerprint density at radius 1 is 1.15 bits per heavy atom. The summed E-state index contributed by atoms with van der Waals surface area (Å²) in [5, 5.41) is 6.26. The molecular formula is C19H19ClN4O2. The zero-order valence-electron chi connectivity index (χ0n) is 14.3. The number of pyridine rings is 1. The Labute approximate surface area is 156 Å². The van der Waals surface area contributed by atoms with E-state index in [4.69, 9.17) is 11.6 Å². The number of fused-ring (bicyclic) bond motifs is 1. The molecule has 0 aliphatic heterocycles. The zero-order valence-corrected chi connectivity index (χ0v) is 15.0. The summed E-state index contributed by atoms with van der Waals surface area (Å²) in [5.74, 6) is -0.343. The van der Waals surface area contributed by atoms with Gasteiger partial charge in [0.05, 0.1) is 17.3 Å². The average molecular weight is 371 g/mol. The highest BCUT2D eigenvalue weighted by atomic mass is 35.5. The molecule has 0 bridgehead atoms. The first kappa shape index (κ1) is 17.9. The second-order valence-corrected chi connectivity index (χ2v) is 6.50. The topological polar surface area (TPSA) is 75.5 Å². The van der Waals surface area contributed by atoms with Gasteiger partial charge in [-0.15, -0.1) is 0 Å². The molecule has 26 heavy (non-hydrogen) atoms. The van der Waals surface area contributed by atoms with Gasteiger partial charge in [0.2, 0.25) is 5.91 Å². The molecule has 0 radical (unpaired) electrons. The monoisotopic (exact) mass is 370 g/mol. The molecule has 3 aromatic rings. The van der Waals surface area contributed by atoms with Crippen LogP contribution in [0.4, 0.5) is 0 Å². The number of nitrogens with one attached hydrogen (secondary N) is 2. The van der Waals surface area contributed by atoms with E-state index in [0.29, 0.717) is 17.1 Å². The largest absolute Gasteiger partial charge is 0.350 e. The number of carbonyl (C=O) groups is 2. The lowest BCUT2D eigenvalue weighted by molar-refractivity contribution is -0.121. The van der Waals surface area contributed by atoms with Crippen LogP contribution in [0.15, 0.2) is 54.9 Å². The maximum Gasteiger partial charge on any atom is 0.251 e. The smallest absolute Gasteiger partial charge is 0.251 e. The lowest BCUT2D eigenvalue weighted by atomic mass is 10.1. The molecule has 2 amide bonds. The predicted octanol–water partition coefficient (Wildman–Crippen LogP) is 2.81. The van der Waals surface area contributed by atoms with Crippen LogP contribution in [0.5, 0.6) is 0 Å². The average Bonchev–Trinajstić information content (AvgIpc) is 3.02. The number of aromatic nitrogens is 2. The fraction of sp³-hybridized carbons (Fsp3) is 0.211. The molecule has 7 heteroatoms. The maximum atomic E-state index is 12.1. The van der Waals surface area contributed by atoms with Crippen LogP contribution in [0, 0.1) is 0 Å². The fourth-order valence-electron chi connectivity index (χ4n) is 2.59. The number of halogens is 1. The van der Waals surface area contributed by atoms with E-state index in [1.54, 1.807) is 43.5 Å². The van der Waals surface area contributed by atoms with E-state index < -0.39 is 0 Å². The number of hydrogen-bond donors (Lipinski definition) is 2. The van der Waals surface area contributed by atoms with Crippen LogP contribution >= 0.6 is 11.6 Å². The Kier molecular flexibility index (Phi) is 5.53. The highest BCUT2D eigenvalue weighted by molar-refractivity contribution is 6.30. The Bertz CT molecular complexity index is 924. The molecule has 1 atom stereocenters. The number of nitrogens with zero attached hydrogens (tertiary/aromatic N) is 2. The van der Waals surface area contributed by atoms with Gasteiger partial charge < -0.3 is 15.0 Å². The summed E-state index contributed by atoms with van der Waals surface area (Å²) in [6.45, 7) is 2.12. The lowest BCUT2D eigenvalue weighted by Gasteiger charge is -2.13. The van der Waals surface area contributed by atoms with Gasteiger partial charge in [0.25, 0.3) is 5.91 Å². The third kappa shape index (κ3) is 4.61. The SMILES string of the molecule is CC(CC(=O)NCc1cn2cc(Cl)ccc2n1)NC(=O)c1ccccc1. The summed E-state index contributed by atoms with van der Waals surface area (Å²) >= 11 is 5.95. The van der Waals surface area contributed by atoms with Crippen molar-refractivity contribution in [1.29, 1.82) is 0 Å². The van der Waals surface area contributed by atoms with Gasteiger partial charge in [-0.1, -0.05) is 29.8 Å². The summed E-state index contributed by atoms with van der Waals surface area (Å²) < 4.78 is 1.81. The molecule has 0 saturated carbocycles. The number of hydrogen-bond acceptors (Lipinski definition) is 3. The van der Waals surface area contributed by atoms with Crippen LogP contribution < -0.4 is 10.6 Å². The normalized spacial score (nSPS) is 11.9. The fourth-order valence-corrected chi connectivity index (χ4v) is 2.76. The summed E-state index contributed by atoms with van der Waals surface area (Å²) in [4.78, 5) is 28.6. The van der Waals surface area contributed by atoms with Gasteiger partial charge in [-0.25, -0.2) is 4.98 Å². The number of amides is 2. The van der Waals surface area contributed by atoms with Crippen molar-refractivity contribution >= 4 is 29.1 Å². The van der Waals surface area contributed by atoms with Crippen molar-refractivity contribution < 1.29 is 9.59 Å². The molecule has 134 valence electrons. The van der Waals surface area contributed by atoms with Gasteiger partial charge in [0.1, 0.15) is 5.65 Å². The summed E-state index contributed by atoms with van der Waals surface area (Å²) in [7, 11) is 0. The molecule has 0 saturated heterocycles. The first-order chi connectivity index (χ1) is 12.5. The van der Waals surface area contributed by atoms with Crippen LogP contribution in [0.25, 0.3) is 5.65 Å². The molecule has 3 rings (SSSR count). The van der Waals surface area contributed by atoms with Crippen molar-refractivity contribution in [3.8, 4) is 0 Å². The van der Waals surface area contributed by atoms with E-state index in [-0.39, 0.29) is 24.3 Å². The Balaban J connectivity index is 1.49. The third-order valence-electron chi connectivity index (χ3n) is 3.84. The van der Waals surface area contributed by atoms with Gasteiger partial charge >= 0.3 is 0 Å². The Hall–Kier alpha value is -2.86. The van der Waals surface area contributed by atoms with Crippen LogP contribution in [-0.4, -0.2) is 27.2 Å². The minimum atomic E-state index is -0.275. The molecule has 2 N–H and O–H groups in total. The number of imidazole rings is 1. The second-order valence-electron chi connectivity index (χ2n) is 6.07. The summed E-state index contributed by atoms with van der Waals surface area (Å²) in [6.07, 6.45) is 3.77. The molecule has 2 heterocycles. The summed E-state index contributed by atoms with van der Waals surface area (Å²) in [6, 6.07) is 12.2. The molecule has 0 fully saturated rings. The number of carbonyl (C=O) groups excluding carboxylic acids is 2. The molecule has 0 aliphatic rings. The van der Waals surface area contributed by atoms with Crippen molar-refractivity contribution in [3.63, 3.8) is 0 Å². The molecular weight excluding hydrogens is 352 g/mol. The van der Waals surface area contributed by atoms with E-state index in [1.807, 2.05) is 22.7 Å². The molecule has 6 nitrogen and oxygen atoms in total. The second kappa shape index (κ2) is 8.01. The van der Waals surface area contributed by atoms with Gasteiger partial charge in [0, 0.05) is 30.4 Å². The van der Waals surface area contributed by atoms with Crippen LogP contribution in [0.2, 0.25) is 5.02 Å². The van der Waals surface area contributed by atoms with Crippen molar-refractivity contribution in [3.05, 3.63) is 71.1 Å². The highest BCUT2D eigenvalue weighted by Crippen LogP contribution is 2.11. The minimum Gasteiger partial charge on any atom is -0.350 e. The van der Waals surface area contributed by atoms with Crippen LogP contribution in [0.3, 0.4) is 0 Å². The van der Waals surface area contributed by atoms with E-state index >= 15 is 0 Å². The van der Waals surface area contributed by atoms with Crippen LogP contribution in [0.1, 0.15) is 29.4 Å². The van der Waals surface area contributed by atoms with Crippen molar-refractivity contribution in [2.45, 2.75) is 25.9 Å². The van der Waals surface area contributed by atoms with Crippen molar-refractivity contribution in [1.82, 2.24) is 20.0 Å². The van der Waals surface area contributed by atoms with E-state index in [2.05, 4.69) is 15.6 Å². The standard InChI is InChI=1S/C19H19ClN4O2/c1-13(22-19(26)14-5-3-2-4-6-14)9-18(25)21-10-16-12-24-11-15(20)7-8-17(24)23-16/h2-8,11-13H,9-10H2,1H3,(H,21,25)(H,22,26). The number of rotatable bonds is 6. The third-order valence-corrected chi connectivity index (χ3v) is 4.06. The highest BCUT2D eigenvalue weighted by Gasteiger charge is 2.13. The number of benzene rings is 1. The quantitative estimate of drug-likeness (QED) is 0.700. The first-order valence-electron chi connectivity index (χ1n) is 8.27. The molecule has 1 unspecified atom stereocenters. The minimum absolute atomic E-state index is 0.152. The molecule has 1 aromatic carbocycles. The summed E-state index contributed by atoms with van der Waals surface area (Å²) in [5.41, 5.74) is 2.08. The molecule has 2 aromatic heterocycles. The van der Waals surface area contributed by atoms with E-state index in [0.717, 1.165) is 11.3 Å². The maximum absolute atomic E-state index is 12.1. The van der Waals surface area contributed by atoms with Gasteiger partial charge in [-0.05, 0) is 31.2 Å². The zero-order chi connectivity index (χ0) is 18.5.